The van der Waals surface area contributed by atoms with Crippen LogP contribution in [0.1, 0.15) is 12.8 Å². The average molecular weight is 268 g/mol. The number of likely N-dealkylation sites (tertiary alicyclic amines) is 1. The monoisotopic (exact) mass is 267 g/mol. The van der Waals surface area contributed by atoms with Gasteiger partial charge in [-0.3, -0.25) is 4.90 Å². The average Bonchev–Trinajstić information content (AvgIpc) is 2.21. The van der Waals surface area contributed by atoms with Crippen LogP contribution in [0.2, 0.25) is 5.02 Å². The number of anilines is 1. The van der Waals surface area contributed by atoms with Gasteiger partial charge in [-0.1, -0.05) is 11.6 Å². The van der Waals surface area contributed by atoms with Crippen LogP contribution in [0.4, 0.5) is 5.69 Å². The second kappa shape index (κ2) is 4.30. The normalized spacial score (nSPS) is 22.6. The number of benzene rings is 1. The lowest BCUT2D eigenvalue weighted by molar-refractivity contribution is -0.0985. The fraction of sp³-hybridized carbons (Fsp3) is 0.538. The zero-order valence-corrected chi connectivity index (χ0v) is 11.0. The van der Waals surface area contributed by atoms with Crippen LogP contribution in [-0.2, 0) is 0 Å². The van der Waals surface area contributed by atoms with Gasteiger partial charge in [-0.2, -0.15) is 0 Å². The molecule has 1 aromatic rings. The van der Waals surface area contributed by atoms with Crippen molar-refractivity contribution in [3.05, 3.63) is 23.2 Å². The van der Waals surface area contributed by atoms with E-state index in [0.29, 0.717) is 34.6 Å². The lowest BCUT2D eigenvalue weighted by Gasteiger charge is -2.58. The molecule has 2 fully saturated rings. The van der Waals surface area contributed by atoms with E-state index < -0.39 is 0 Å². The molecule has 0 bridgehead atoms. The van der Waals surface area contributed by atoms with Crippen molar-refractivity contribution in [2.24, 2.45) is 11.1 Å². The maximum Gasteiger partial charge on any atom is 0.144 e. The van der Waals surface area contributed by atoms with Crippen molar-refractivity contribution in [1.82, 2.24) is 4.90 Å². The first-order chi connectivity index (χ1) is 8.56. The Morgan fingerprint density at radius 1 is 1.39 bits per heavy atom. The van der Waals surface area contributed by atoms with Crippen LogP contribution in [0, 0.1) is 5.41 Å². The van der Waals surface area contributed by atoms with Gasteiger partial charge in [0, 0.05) is 24.2 Å². The van der Waals surface area contributed by atoms with Crippen LogP contribution in [0.3, 0.4) is 0 Å². The first-order valence-corrected chi connectivity index (χ1v) is 6.60. The molecule has 5 heteroatoms. The molecule has 1 saturated carbocycles. The second-order valence-corrected chi connectivity index (χ2v) is 6.05. The number of hydrogen-bond donors (Lipinski definition) is 2. The summed E-state index contributed by atoms with van der Waals surface area (Å²) in [7, 11) is 0. The predicted molar refractivity (Wildman–Crippen MR) is 72.6 cm³/mol. The molecule has 1 aliphatic heterocycles. The van der Waals surface area contributed by atoms with E-state index in [1.54, 1.807) is 12.1 Å². The van der Waals surface area contributed by atoms with E-state index in [0.717, 1.165) is 25.9 Å². The minimum atomic E-state index is 0.417. The number of nitrogens with two attached hydrogens (primary N) is 2. The van der Waals surface area contributed by atoms with Gasteiger partial charge >= 0.3 is 0 Å². The molecule has 0 radical (unpaired) electrons. The van der Waals surface area contributed by atoms with E-state index in [4.69, 9.17) is 27.8 Å². The number of rotatable bonds is 3. The largest absolute Gasteiger partial charge is 0.476 e. The predicted octanol–water partition coefficient (Wildman–Crippen LogP) is 1.68. The fourth-order valence-electron chi connectivity index (χ4n) is 3.12. The van der Waals surface area contributed by atoms with Crippen molar-refractivity contribution in [2.45, 2.75) is 18.9 Å². The third kappa shape index (κ3) is 2.16. The summed E-state index contributed by atoms with van der Waals surface area (Å²) >= 11 is 5.84. The van der Waals surface area contributed by atoms with Gasteiger partial charge in [-0.15, -0.1) is 0 Å². The molecule has 0 unspecified atom stereocenters. The Morgan fingerprint density at radius 3 is 2.72 bits per heavy atom. The lowest BCUT2D eigenvalue weighted by Crippen LogP contribution is -2.65. The molecule has 4 N–H and O–H groups in total. The highest BCUT2D eigenvalue weighted by molar-refractivity contribution is 6.30. The number of ether oxygens (including phenoxy) is 1. The van der Waals surface area contributed by atoms with Crippen LogP contribution in [-0.4, -0.2) is 30.8 Å². The Kier molecular flexibility index (Phi) is 2.88. The van der Waals surface area contributed by atoms with E-state index in [1.165, 1.54) is 0 Å². The van der Waals surface area contributed by atoms with Crippen molar-refractivity contribution in [1.29, 1.82) is 0 Å². The molecule has 3 rings (SSSR count). The highest BCUT2D eigenvalue weighted by atomic mass is 35.5. The van der Waals surface area contributed by atoms with E-state index >= 15 is 0 Å². The Morgan fingerprint density at radius 2 is 2.11 bits per heavy atom. The quantitative estimate of drug-likeness (QED) is 0.818. The minimum Gasteiger partial charge on any atom is -0.476 e. The van der Waals surface area contributed by atoms with Crippen molar-refractivity contribution >= 4 is 17.3 Å². The molecule has 1 heterocycles. The van der Waals surface area contributed by atoms with Gasteiger partial charge < -0.3 is 16.2 Å². The summed E-state index contributed by atoms with van der Waals surface area (Å²) in [6.07, 6.45) is 2.32. The first-order valence-electron chi connectivity index (χ1n) is 6.22. The Labute approximate surface area is 112 Å². The molecule has 0 amide bonds. The SMILES string of the molecule is Nc1cc(Cl)ccc1OCN1CC2(CC(N)C2)C1. The van der Waals surface area contributed by atoms with E-state index in [-0.39, 0.29) is 0 Å². The smallest absolute Gasteiger partial charge is 0.144 e. The zero-order chi connectivity index (χ0) is 12.8. The van der Waals surface area contributed by atoms with Crippen molar-refractivity contribution in [2.75, 3.05) is 25.6 Å². The molecule has 98 valence electrons. The molecule has 2 aliphatic rings. The van der Waals surface area contributed by atoms with Gasteiger partial charge in [0.05, 0.1) is 5.69 Å². The van der Waals surface area contributed by atoms with E-state index in [1.807, 2.05) is 6.07 Å². The van der Waals surface area contributed by atoms with Gasteiger partial charge in [0.2, 0.25) is 0 Å². The summed E-state index contributed by atoms with van der Waals surface area (Å²) in [4.78, 5) is 2.28. The van der Waals surface area contributed by atoms with Crippen LogP contribution in [0.5, 0.6) is 5.75 Å². The first kappa shape index (κ1) is 12.1. The molecular formula is C13H18ClN3O. The van der Waals surface area contributed by atoms with Crippen molar-refractivity contribution < 1.29 is 4.74 Å². The Bertz CT molecular complexity index is 452. The lowest BCUT2D eigenvalue weighted by atomic mass is 9.61. The summed E-state index contributed by atoms with van der Waals surface area (Å²) in [5.74, 6) is 0.700. The number of hydrogen-bond acceptors (Lipinski definition) is 4. The Balaban J connectivity index is 1.48. The molecule has 0 atom stereocenters. The molecular weight excluding hydrogens is 250 g/mol. The standard InChI is InChI=1S/C13H18ClN3O/c14-9-1-2-12(11(16)3-9)18-8-17-6-13(7-17)4-10(15)5-13/h1-3,10H,4-8,15-16H2. The number of nitrogen functional groups attached to an aromatic ring is 1. The molecule has 1 aromatic carbocycles. The molecule has 0 aromatic heterocycles. The molecule has 1 aliphatic carbocycles. The molecule has 1 saturated heterocycles. The summed E-state index contributed by atoms with van der Waals surface area (Å²) in [5, 5.41) is 0.631. The fourth-order valence-corrected chi connectivity index (χ4v) is 3.30. The van der Waals surface area contributed by atoms with Crippen molar-refractivity contribution in [3.8, 4) is 5.75 Å². The maximum atomic E-state index is 5.84. The summed E-state index contributed by atoms with van der Waals surface area (Å²) < 4.78 is 5.70. The van der Waals surface area contributed by atoms with Gasteiger partial charge in [-0.25, -0.2) is 0 Å². The summed E-state index contributed by atoms with van der Waals surface area (Å²) in [5.41, 5.74) is 12.7. The summed E-state index contributed by atoms with van der Waals surface area (Å²) in [6.45, 7) is 2.77. The number of halogens is 1. The second-order valence-electron chi connectivity index (χ2n) is 5.61. The van der Waals surface area contributed by atoms with Gasteiger partial charge in [0.1, 0.15) is 12.5 Å². The van der Waals surface area contributed by atoms with Gasteiger partial charge in [-0.05, 0) is 36.5 Å². The van der Waals surface area contributed by atoms with E-state index in [2.05, 4.69) is 4.90 Å². The highest BCUT2D eigenvalue weighted by Crippen LogP contribution is 2.47. The molecule has 1 spiro atoms. The third-order valence-electron chi connectivity index (χ3n) is 3.88. The third-order valence-corrected chi connectivity index (χ3v) is 4.12. The molecule has 18 heavy (non-hydrogen) atoms. The van der Waals surface area contributed by atoms with Crippen LogP contribution in [0.15, 0.2) is 18.2 Å². The highest BCUT2D eigenvalue weighted by Gasteiger charge is 2.51. The van der Waals surface area contributed by atoms with Gasteiger partial charge in [0.25, 0.3) is 0 Å². The van der Waals surface area contributed by atoms with Crippen LogP contribution >= 0.6 is 11.6 Å². The van der Waals surface area contributed by atoms with Crippen LogP contribution < -0.4 is 16.2 Å². The topological polar surface area (TPSA) is 64.5 Å². The van der Waals surface area contributed by atoms with E-state index in [9.17, 15) is 0 Å². The van der Waals surface area contributed by atoms with Crippen molar-refractivity contribution in [3.63, 3.8) is 0 Å². The maximum absolute atomic E-state index is 5.84. The summed E-state index contributed by atoms with van der Waals surface area (Å²) in [6, 6.07) is 5.72. The van der Waals surface area contributed by atoms with Crippen LogP contribution in [0.25, 0.3) is 0 Å². The Hall–Kier alpha value is -0.970. The zero-order valence-electron chi connectivity index (χ0n) is 10.2. The molecule has 4 nitrogen and oxygen atoms in total. The minimum absolute atomic E-state index is 0.417. The van der Waals surface area contributed by atoms with Gasteiger partial charge in [0.15, 0.2) is 0 Å². The number of nitrogens with zero attached hydrogens (tertiary/aromatic N) is 1.